The Bertz CT molecular complexity index is 193. The Morgan fingerprint density at radius 3 is 2.73 bits per heavy atom. The van der Waals surface area contributed by atoms with Crippen molar-refractivity contribution in [1.29, 1.82) is 0 Å². The van der Waals surface area contributed by atoms with E-state index in [1.165, 1.54) is 0 Å². The molecule has 2 N–H and O–H groups in total. The minimum absolute atomic E-state index is 0.172. The van der Waals surface area contributed by atoms with Crippen molar-refractivity contribution in [2.24, 2.45) is 5.73 Å². The Morgan fingerprint density at radius 2 is 2.13 bits per heavy atom. The van der Waals surface area contributed by atoms with Gasteiger partial charge in [0.15, 0.2) is 0 Å². The van der Waals surface area contributed by atoms with Crippen molar-refractivity contribution in [3.05, 3.63) is 0 Å². The van der Waals surface area contributed by atoms with Gasteiger partial charge < -0.3 is 15.4 Å². The SMILES string of the molecule is CN(CCCN)C(=O)CN1CCOCC1. The molecular formula is C10H21N3O2. The van der Waals surface area contributed by atoms with Crippen LogP contribution in [0.25, 0.3) is 0 Å². The van der Waals surface area contributed by atoms with Crippen LogP contribution >= 0.6 is 0 Å². The first-order valence-electron chi connectivity index (χ1n) is 5.48. The maximum Gasteiger partial charge on any atom is 0.236 e. The number of carbonyl (C=O) groups is 1. The van der Waals surface area contributed by atoms with E-state index in [2.05, 4.69) is 4.90 Å². The molecule has 1 rings (SSSR count). The highest BCUT2D eigenvalue weighted by Gasteiger charge is 2.16. The molecule has 0 aromatic rings. The lowest BCUT2D eigenvalue weighted by Crippen LogP contribution is -2.44. The first-order chi connectivity index (χ1) is 7.24. The lowest BCUT2D eigenvalue weighted by Gasteiger charge is -2.28. The Morgan fingerprint density at radius 1 is 1.47 bits per heavy atom. The van der Waals surface area contributed by atoms with E-state index in [9.17, 15) is 4.79 Å². The summed E-state index contributed by atoms with van der Waals surface area (Å²) in [5.41, 5.74) is 5.40. The number of hydrogen-bond acceptors (Lipinski definition) is 4. The fourth-order valence-corrected chi connectivity index (χ4v) is 1.52. The molecule has 88 valence electrons. The van der Waals surface area contributed by atoms with Crippen molar-refractivity contribution in [2.45, 2.75) is 6.42 Å². The van der Waals surface area contributed by atoms with Crippen molar-refractivity contribution < 1.29 is 9.53 Å². The zero-order chi connectivity index (χ0) is 11.1. The molecule has 5 nitrogen and oxygen atoms in total. The van der Waals surface area contributed by atoms with E-state index in [1.807, 2.05) is 7.05 Å². The van der Waals surface area contributed by atoms with Crippen molar-refractivity contribution >= 4 is 5.91 Å². The minimum atomic E-state index is 0.172. The first kappa shape index (κ1) is 12.4. The normalized spacial score (nSPS) is 17.7. The molecule has 0 unspecified atom stereocenters. The van der Waals surface area contributed by atoms with Gasteiger partial charge in [0.05, 0.1) is 19.8 Å². The van der Waals surface area contributed by atoms with E-state index in [-0.39, 0.29) is 5.91 Å². The van der Waals surface area contributed by atoms with Gasteiger partial charge in [-0.2, -0.15) is 0 Å². The molecule has 1 aliphatic rings. The summed E-state index contributed by atoms with van der Waals surface area (Å²) in [5.74, 6) is 0.172. The molecule has 0 spiro atoms. The predicted octanol–water partition coefficient (Wildman–Crippen LogP) is -0.874. The van der Waals surface area contributed by atoms with Gasteiger partial charge in [-0.05, 0) is 13.0 Å². The molecule has 0 atom stereocenters. The average Bonchev–Trinajstić information content (AvgIpc) is 2.27. The van der Waals surface area contributed by atoms with Crippen LogP contribution in [0.5, 0.6) is 0 Å². The van der Waals surface area contributed by atoms with Crippen LogP contribution in [-0.2, 0) is 9.53 Å². The lowest BCUT2D eigenvalue weighted by atomic mass is 10.3. The van der Waals surface area contributed by atoms with Crippen molar-refractivity contribution in [3.63, 3.8) is 0 Å². The second-order valence-electron chi connectivity index (χ2n) is 3.85. The van der Waals surface area contributed by atoms with Crippen molar-refractivity contribution in [2.75, 3.05) is 53.0 Å². The third-order valence-corrected chi connectivity index (χ3v) is 2.59. The molecule has 1 fully saturated rings. The Hall–Kier alpha value is -0.650. The van der Waals surface area contributed by atoms with Gasteiger partial charge in [-0.25, -0.2) is 0 Å². The highest BCUT2D eigenvalue weighted by molar-refractivity contribution is 5.77. The van der Waals surface area contributed by atoms with Crippen LogP contribution < -0.4 is 5.73 Å². The fraction of sp³-hybridized carbons (Fsp3) is 0.900. The lowest BCUT2D eigenvalue weighted by molar-refractivity contribution is -0.132. The summed E-state index contributed by atoms with van der Waals surface area (Å²) in [6.07, 6.45) is 0.866. The number of amides is 1. The highest BCUT2D eigenvalue weighted by atomic mass is 16.5. The smallest absolute Gasteiger partial charge is 0.236 e. The topological polar surface area (TPSA) is 58.8 Å². The van der Waals surface area contributed by atoms with Gasteiger partial charge in [0.1, 0.15) is 0 Å². The molecule has 0 saturated carbocycles. The summed E-state index contributed by atoms with van der Waals surface area (Å²) in [6.45, 7) is 5.08. The summed E-state index contributed by atoms with van der Waals surface area (Å²) < 4.78 is 5.22. The highest BCUT2D eigenvalue weighted by Crippen LogP contribution is 1.98. The summed E-state index contributed by atoms with van der Waals surface area (Å²) >= 11 is 0. The number of rotatable bonds is 5. The van der Waals surface area contributed by atoms with E-state index in [0.717, 1.165) is 39.3 Å². The predicted molar refractivity (Wildman–Crippen MR) is 58.6 cm³/mol. The molecule has 0 radical (unpaired) electrons. The molecule has 1 aliphatic heterocycles. The number of nitrogens with zero attached hydrogens (tertiary/aromatic N) is 2. The molecule has 0 bridgehead atoms. The van der Waals surface area contributed by atoms with E-state index in [0.29, 0.717) is 13.1 Å². The minimum Gasteiger partial charge on any atom is -0.379 e. The number of carbonyl (C=O) groups excluding carboxylic acids is 1. The molecule has 0 aromatic heterocycles. The molecule has 1 heterocycles. The number of ether oxygens (including phenoxy) is 1. The monoisotopic (exact) mass is 215 g/mol. The number of morpholine rings is 1. The van der Waals surface area contributed by atoms with Crippen LogP contribution in [0.2, 0.25) is 0 Å². The zero-order valence-corrected chi connectivity index (χ0v) is 9.45. The fourth-order valence-electron chi connectivity index (χ4n) is 1.52. The maximum absolute atomic E-state index is 11.7. The summed E-state index contributed by atoms with van der Waals surface area (Å²) in [4.78, 5) is 15.6. The van der Waals surface area contributed by atoms with E-state index in [1.54, 1.807) is 4.90 Å². The van der Waals surface area contributed by atoms with Crippen LogP contribution in [0.3, 0.4) is 0 Å². The van der Waals surface area contributed by atoms with E-state index < -0.39 is 0 Å². The maximum atomic E-state index is 11.7. The van der Waals surface area contributed by atoms with Gasteiger partial charge in [-0.3, -0.25) is 9.69 Å². The summed E-state index contributed by atoms with van der Waals surface area (Å²) in [6, 6.07) is 0. The number of nitrogens with two attached hydrogens (primary N) is 1. The van der Waals surface area contributed by atoms with Crippen molar-refractivity contribution in [1.82, 2.24) is 9.80 Å². The molecule has 1 saturated heterocycles. The van der Waals surface area contributed by atoms with Crippen LogP contribution in [-0.4, -0.2) is 68.7 Å². The molecular weight excluding hydrogens is 194 g/mol. The van der Waals surface area contributed by atoms with Crippen LogP contribution in [0.4, 0.5) is 0 Å². The van der Waals surface area contributed by atoms with Gasteiger partial charge in [0.2, 0.25) is 5.91 Å². The molecule has 15 heavy (non-hydrogen) atoms. The van der Waals surface area contributed by atoms with Gasteiger partial charge in [0.25, 0.3) is 0 Å². The van der Waals surface area contributed by atoms with Crippen LogP contribution in [0, 0.1) is 0 Å². The van der Waals surface area contributed by atoms with Gasteiger partial charge in [0, 0.05) is 26.7 Å². The second-order valence-corrected chi connectivity index (χ2v) is 3.85. The van der Waals surface area contributed by atoms with E-state index >= 15 is 0 Å². The number of likely N-dealkylation sites (N-methyl/N-ethyl adjacent to an activating group) is 1. The van der Waals surface area contributed by atoms with Crippen LogP contribution in [0.1, 0.15) is 6.42 Å². The third kappa shape index (κ3) is 4.59. The van der Waals surface area contributed by atoms with Crippen molar-refractivity contribution in [3.8, 4) is 0 Å². The molecule has 0 aliphatic carbocycles. The quantitative estimate of drug-likeness (QED) is 0.647. The molecule has 5 heteroatoms. The van der Waals surface area contributed by atoms with Crippen LogP contribution in [0.15, 0.2) is 0 Å². The summed E-state index contributed by atoms with van der Waals surface area (Å²) in [7, 11) is 1.83. The summed E-state index contributed by atoms with van der Waals surface area (Å²) in [5, 5.41) is 0. The largest absolute Gasteiger partial charge is 0.379 e. The standard InChI is InChI=1S/C10H21N3O2/c1-12(4-2-3-11)10(14)9-13-5-7-15-8-6-13/h2-9,11H2,1H3. The van der Waals surface area contributed by atoms with Gasteiger partial charge in [-0.1, -0.05) is 0 Å². The molecule has 1 amide bonds. The van der Waals surface area contributed by atoms with E-state index in [4.69, 9.17) is 10.5 Å². The second kappa shape index (κ2) is 6.76. The molecule has 0 aromatic carbocycles. The first-order valence-corrected chi connectivity index (χ1v) is 5.48. The Kier molecular flexibility index (Phi) is 5.60. The van der Waals surface area contributed by atoms with Gasteiger partial charge >= 0.3 is 0 Å². The average molecular weight is 215 g/mol. The Balaban J connectivity index is 2.20. The third-order valence-electron chi connectivity index (χ3n) is 2.59. The van der Waals surface area contributed by atoms with Gasteiger partial charge in [-0.15, -0.1) is 0 Å². The number of hydrogen-bond donors (Lipinski definition) is 1. The Labute approximate surface area is 91.2 Å². The zero-order valence-electron chi connectivity index (χ0n) is 9.45.